The van der Waals surface area contributed by atoms with E-state index >= 15 is 0 Å². The molecule has 0 aliphatic rings. The molecule has 2 nitrogen and oxygen atoms in total. The Kier molecular flexibility index (Phi) is 3.48. The summed E-state index contributed by atoms with van der Waals surface area (Å²) in [7, 11) is 0. The summed E-state index contributed by atoms with van der Waals surface area (Å²) in [4.78, 5) is 10.1. The number of carboxylic acids is 1. The molecule has 1 N–H and O–H groups in total. The fraction of sp³-hybridized carbons (Fsp3) is 0.750. The highest BCUT2D eigenvalue weighted by atomic mass is 79.9. The van der Waals surface area contributed by atoms with Gasteiger partial charge < -0.3 is 5.11 Å². The first-order chi connectivity index (χ1) is 3.55. The first-order valence-electron chi connectivity index (χ1n) is 2.10. The lowest BCUT2D eigenvalue weighted by molar-refractivity contribution is -0.140. The lowest BCUT2D eigenvalue weighted by Crippen LogP contribution is -2.15. The molecule has 0 aromatic heterocycles. The van der Waals surface area contributed by atoms with Gasteiger partial charge in [-0.3, -0.25) is 4.79 Å². The summed E-state index contributed by atoms with van der Waals surface area (Å²) in [5, 5.41) is 8.27. The van der Waals surface area contributed by atoms with Gasteiger partial charge in [-0.2, -0.15) is 12.6 Å². The highest BCUT2D eigenvalue weighted by Gasteiger charge is 2.16. The number of hydrogen-bond acceptors (Lipinski definition) is 2. The van der Waals surface area contributed by atoms with E-state index in [1.54, 1.807) is 6.92 Å². The van der Waals surface area contributed by atoms with E-state index in [0.717, 1.165) is 0 Å². The number of halogens is 1. The van der Waals surface area contributed by atoms with Gasteiger partial charge in [0.2, 0.25) is 0 Å². The van der Waals surface area contributed by atoms with Crippen LogP contribution < -0.4 is 0 Å². The Morgan fingerprint density at radius 1 is 1.88 bits per heavy atom. The molecule has 0 saturated carbocycles. The Hall–Kier alpha value is 0.300. The Balaban J connectivity index is 3.64. The molecule has 0 bridgehead atoms. The van der Waals surface area contributed by atoms with Gasteiger partial charge >= 0.3 is 5.97 Å². The minimum absolute atomic E-state index is 0.250. The van der Waals surface area contributed by atoms with E-state index in [0.29, 0.717) is 0 Å². The van der Waals surface area contributed by atoms with Gasteiger partial charge in [0, 0.05) is 0 Å². The molecular formula is C4H7BrO2S. The quantitative estimate of drug-likeness (QED) is 0.520. The minimum atomic E-state index is -0.832. The number of rotatable bonds is 2. The van der Waals surface area contributed by atoms with Gasteiger partial charge in [-0.25, -0.2) is 0 Å². The fourth-order valence-corrected chi connectivity index (χ4v) is 0.471. The highest BCUT2D eigenvalue weighted by molar-refractivity contribution is 9.11. The SMILES string of the molecule is CC(C(=O)O)C(S)Br. The number of thiol groups is 1. The van der Waals surface area contributed by atoms with Crippen LogP contribution in [0.5, 0.6) is 0 Å². The molecule has 8 heavy (non-hydrogen) atoms. The van der Waals surface area contributed by atoms with Crippen LogP contribution >= 0.6 is 28.6 Å². The van der Waals surface area contributed by atoms with Crippen molar-refractivity contribution in [1.29, 1.82) is 0 Å². The Morgan fingerprint density at radius 2 is 2.25 bits per heavy atom. The first kappa shape index (κ1) is 8.30. The Bertz CT molecular complexity index is 94.0. The second-order valence-electron chi connectivity index (χ2n) is 1.50. The van der Waals surface area contributed by atoms with Gasteiger partial charge in [0.1, 0.15) is 0 Å². The van der Waals surface area contributed by atoms with Crippen LogP contribution in [-0.4, -0.2) is 15.2 Å². The van der Waals surface area contributed by atoms with Crippen LogP contribution in [0.15, 0.2) is 0 Å². The number of carboxylic acid groups (broad SMARTS) is 1. The van der Waals surface area contributed by atoms with Crippen LogP contribution in [0.2, 0.25) is 0 Å². The van der Waals surface area contributed by atoms with Crippen LogP contribution in [0, 0.1) is 5.92 Å². The van der Waals surface area contributed by atoms with Gasteiger partial charge in [0.25, 0.3) is 0 Å². The van der Waals surface area contributed by atoms with Crippen LogP contribution in [-0.2, 0) is 4.79 Å². The molecule has 2 unspecified atom stereocenters. The summed E-state index contributed by atoms with van der Waals surface area (Å²) in [5.41, 5.74) is 0. The molecule has 48 valence electrons. The van der Waals surface area contributed by atoms with Gasteiger partial charge in [-0.1, -0.05) is 22.9 Å². The van der Waals surface area contributed by atoms with Crippen LogP contribution in [0.1, 0.15) is 6.92 Å². The van der Waals surface area contributed by atoms with Crippen molar-refractivity contribution in [3.8, 4) is 0 Å². The zero-order valence-corrected chi connectivity index (χ0v) is 6.82. The predicted octanol–water partition coefficient (Wildman–Crippen LogP) is 1.36. The summed E-state index contributed by atoms with van der Waals surface area (Å²) in [6.07, 6.45) is 0. The predicted molar refractivity (Wildman–Crippen MR) is 38.5 cm³/mol. The summed E-state index contributed by atoms with van der Waals surface area (Å²) in [6, 6.07) is 0. The van der Waals surface area contributed by atoms with Crippen LogP contribution in [0.3, 0.4) is 0 Å². The zero-order valence-electron chi connectivity index (χ0n) is 4.34. The number of carbonyl (C=O) groups is 1. The number of hydrogen-bond donors (Lipinski definition) is 2. The molecule has 0 saturated heterocycles. The maximum atomic E-state index is 10.1. The molecular weight excluding hydrogens is 192 g/mol. The van der Waals surface area contributed by atoms with E-state index in [9.17, 15) is 4.79 Å². The molecule has 4 heteroatoms. The molecule has 0 aliphatic heterocycles. The molecule has 0 amide bonds. The molecule has 0 rings (SSSR count). The summed E-state index contributed by atoms with van der Waals surface area (Å²) < 4.78 is -0.250. The standard InChI is InChI=1S/C4H7BrO2S/c1-2(3(5)8)4(6)7/h2-3,8H,1H3,(H,6,7). The smallest absolute Gasteiger partial charge is 0.308 e. The maximum Gasteiger partial charge on any atom is 0.308 e. The fourth-order valence-electron chi connectivity index (χ4n) is 0.118. The van der Waals surface area contributed by atoms with Crippen molar-refractivity contribution in [2.45, 2.75) is 11.1 Å². The average Bonchev–Trinajstić information content (AvgIpc) is 1.64. The van der Waals surface area contributed by atoms with Crippen molar-refractivity contribution < 1.29 is 9.90 Å². The number of aliphatic carboxylic acids is 1. The molecule has 0 fully saturated rings. The first-order valence-corrected chi connectivity index (χ1v) is 3.54. The zero-order chi connectivity index (χ0) is 6.73. The van der Waals surface area contributed by atoms with E-state index in [1.807, 2.05) is 0 Å². The van der Waals surface area contributed by atoms with Crippen molar-refractivity contribution in [2.75, 3.05) is 0 Å². The second kappa shape index (κ2) is 3.35. The normalized spacial score (nSPS) is 17.4. The summed E-state index contributed by atoms with van der Waals surface area (Å²) in [5.74, 6) is -1.26. The van der Waals surface area contributed by atoms with Crippen LogP contribution in [0.4, 0.5) is 0 Å². The summed E-state index contributed by atoms with van der Waals surface area (Å²) in [6.45, 7) is 1.59. The molecule has 0 aromatic carbocycles. The molecule has 0 radical (unpaired) electrons. The van der Waals surface area contributed by atoms with Crippen molar-refractivity contribution in [2.24, 2.45) is 5.92 Å². The monoisotopic (exact) mass is 198 g/mol. The van der Waals surface area contributed by atoms with Gasteiger partial charge in [-0.15, -0.1) is 0 Å². The van der Waals surface area contributed by atoms with Crippen molar-refractivity contribution in [3.05, 3.63) is 0 Å². The van der Waals surface area contributed by atoms with E-state index in [2.05, 4.69) is 28.6 Å². The van der Waals surface area contributed by atoms with Gasteiger partial charge in [0.05, 0.1) is 10.1 Å². The molecule has 2 atom stereocenters. The van der Waals surface area contributed by atoms with Crippen LogP contribution in [0.25, 0.3) is 0 Å². The summed E-state index contributed by atoms with van der Waals surface area (Å²) >= 11 is 6.89. The largest absolute Gasteiger partial charge is 0.481 e. The number of alkyl halides is 1. The third-order valence-corrected chi connectivity index (χ3v) is 2.04. The molecule has 0 heterocycles. The van der Waals surface area contributed by atoms with E-state index < -0.39 is 11.9 Å². The van der Waals surface area contributed by atoms with Crippen molar-refractivity contribution in [1.82, 2.24) is 0 Å². The average molecular weight is 199 g/mol. The lowest BCUT2D eigenvalue weighted by atomic mass is 10.2. The third kappa shape index (κ3) is 2.57. The van der Waals surface area contributed by atoms with Crippen molar-refractivity contribution in [3.63, 3.8) is 0 Å². The van der Waals surface area contributed by atoms with Crippen molar-refractivity contribution >= 4 is 34.5 Å². The highest BCUT2D eigenvalue weighted by Crippen LogP contribution is 2.15. The van der Waals surface area contributed by atoms with Gasteiger partial charge in [-0.05, 0) is 0 Å². The Labute approximate surface area is 61.8 Å². The molecule has 0 aliphatic carbocycles. The third-order valence-electron chi connectivity index (χ3n) is 0.802. The maximum absolute atomic E-state index is 10.1. The minimum Gasteiger partial charge on any atom is -0.481 e. The second-order valence-corrected chi connectivity index (χ2v) is 3.75. The molecule has 0 aromatic rings. The van der Waals surface area contributed by atoms with E-state index in [4.69, 9.17) is 5.11 Å². The Morgan fingerprint density at radius 3 is 2.25 bits per heavy atom. The van der Waals surface area contributed by atoms with E-state index in [-0.39, 0.29) is 4.16 Å². The van der Waals surface area contributed by atoms with E-state index in [1.165, 1.54) is 0 Å². The van der Waals surface area contributed by atoms with Gasteiger partial charge in [0.15, 0.2) is 0 Å². The topological polar surface area (TPSA) is 37.3 Å². The molecule has 0 spiro atoms. The lowest BCUT2D eigenvalue weighted by Gasteiger charge is -2.05.